The first kappa shape index (κ1) is 26.9. The van der Waals surface area contributed by atoms with Gasteiger partial charge in [0.25, 0.3) is 18.0 Å². The second kappa shape index (κ2) is 9.94. The van der Waals surface area contributed by atoms with E-state index < -0.39 is 32.8 Å². The molecule has 1 atom stereocenters. The Balaban J connectivity index is 1.31. The molecule has 6 rings (SSSR count). The van der Waals surface area contributed by atoms with Gasteiger partial charge in [0.2, 0.25) is 5.75 Å². The normalized spacial score (nSPS) is 16.1. The molecule has 0 aliphatic carbocycles. The third kappa shape index (κ3) is 4.20. The molecule has 1 unspecified atom stereocenters. The number of non-ortho nitro benzene ring substituents is 1. The number of nitro groups is 2. The first-order chi connectivity index (χ1) is 20.1. The molecule has 4 aromatic rings. The number of nitro benzene ring substituents is 2. The minimum absolute atomic E-state index is 0.00464. The summed E-state index contributed by atoms with van der Waals surface area (Å²) in [6.45, 7) is 3.47. The number of esters is 1. The van der Waals surface area contributed by atoms with Crippen LogP contribution in [0.2, 0.25) is 0 Å². The number of fused-ring (bicyclic) bond motifs is 6. The number of aryl methyl sites for hydroxylation is 2. The second-order valence-electron chi connectivity index (χ2n) is 9.44. The van der Waals surface area contributed by atoms with Gasteiger partial charge in [-0.3, -0.25) is 20.2 Å². The molecule has 0 aromatic heterocycles. The van der Waals surface area contributed by atoms with Crippen LogP contribution in [-0.4, -0.2) is 20.9 Å². The van der Waals surface area contributed by atoms with Crippen molar-refractivity contribution in [3.05, 3.63) is 120 Å². The van der Waals surface area contributed by atoms with Crippen molar-refractivity contribution in [3.63, 3.8) is 0 Å². The van der Waals surface area contributed by atoms with Crippen LogP contribution < -0.4 is 13.8 Å². The lowest BCUT2D eigenvalue weighted by Gasteiger charge is -2.37. The number of hydrogen-bond acceptors (Lipinski definition) is 12. The lowest BCUT2D eigenvalue weighted by molar-refractivity contribution is -0.395. The van der Waals surface area contributed by atoms with E-state index in [1.54, 1.807) is 56.3 Å². The predicted octanol–water partition coefficient (Wildman–Crippen LogP) is 6.35. The van der Waals surface area contributed by atoms with Crippen LogP contribution in [0.5, 0.6) is 28.7 Å². The zero-order valence-electron chi connectivity index (χ0n) is 21.7. The molecule has 2 aliphatic heterocycles. The summed E-state index contributed by atoms with van der Waals surface area (Å²) < 4.78 is 22.8. The number of rotatable bonds is 7. The zero-order chi connectivity index (χ0) is 29.8. The van der Waals surface area contributed by atoms with E-state index in [4.69, 9.17) is 22.9 Å². The maximum Gasteiger partial charge on any atom is 0.340 e. The van der Waals surface area contributed by atoms with Crippen LogP contribution in [0.3, 0.4) is 0 Å². The second-order valence-corrected chi connectivity index (χ2v) is 9.87. The van der Waals surface area contributed by atoms with E-state index >= 15 is 0 Å². The Morgan fingerprint density at radius 1 is 0.857 bits per heavy atom. The summed E-state index contributed by atoms with van der Waals surface area (Å²) in [5, 5.41) is 32.7. The van der Waals surface area contributed by atoms with Gasteiger partial charge in [0.15, 0.2) is 5.60 Å². The Morgan fingerprint density at radius 2 is 1.57 bits per heavy atom. The van der Waals surface area contributed by atoms with E-state index in [0.717, 1.165) is 18.2 Å². The average molecular weight is 591 g/mol. The summed E-state index contributed by atoms with van der Waals surface area (Å²) >= 11 is 0.340. The quantitative estimate of drug-likeness (QED) is 0.0633. The van der Waals surface area contributed by atoms with Crippen molar-refractivity contribution < 1.29 is 42.6 Å². The number of hydrogen-bond donors (Lipinski definition) is 1. The molecule has 0 saturated carbocycles. The lowest BCUT2D eigenvalue weighted by atomic mass is 9.76. The Morgan fingerprint density at radius 3 is 2.31 bits per heavy atom. The number of ether oxygens (including phenoxy) is 2. The van der Waals surface area contributed by atoms with E-state index in [9.17, 15) is 30.1 Å². The smallest absolute Gasteiger partial charge is 0.340 e. The predicted molar refractivity (Wildman–Crippen MR) is 146 cm³/mol. The number of carbonyl (C=O) groups excluding carboxylic acids is 1. The van der Waals surface area contributed by atoms with Gasteiger partial charge in [-0.1, -0.05) is 22.5 Å². The van der Waals surface area contributed by atoms with Crippen molar-refractivity contribution in [2.75, 3.05) is 0 Å². The van der Waals surface area contributed by atoms with Crippen LogP contribution in [0.1, 0.15) is 38.2 Å². The van der Waals surface area contributed by atoms with E-state index in [1.165, 1.54) is 6.07 Å². The van der Waals surface area contributed by atoms with E-state index in [0.29, 0.717) is 45.7 Å². The summed E-state index contributed by atoms with van der Waals surface area (Å²) in [4.78, 5) is 38.6. The van der Waals surface area contributed by atoms with Crippen LogP contribution in [-0.2, 0) is 14.7 Å². The summed E-state index contributed by atoms with van der Waals surface area (Å²) in [5.74, 6) is -0.0637. The molecular formula is C28H18N2O11S. The van der Waals surface area contributed by atoms with Crippen LogP contribution in [0, 0.1) is 34.1 Å². The molecule has 2 aliphatic rings. The number of carbonyl (C=O) groups is 1. The van der Waals surface area contributed by atoms with Gasteiger partial charge in [-0.2, -0.15) is 0 Å². The van der Waals surface area contributed by atoms with Gasteiger partial charge in [0.05, 0.1) is 21.5 Å². The van der Waals surface area contributed by atoms with Gasteiger partial charge in [0, 0.05) is 34.9 Å². The van der Waals surface area contributed by atoms with Crippen molar-refractivity contribution >= 4 is 29.7 Å². The summed E-state index contributed by atoms with van der Waals surface area (Å²) in [6.07, 6.45) is 0. The number of benzene rings is 4. The largest absolute Gasteiger partial charge is 0.508 e. The van der Waals surface area contributed by atoms with Crippen molar-refractivity contribution in [3.8, 4) is 28.7 Å². The lowest BCUT2D eigenvalue weighted by Crippen LogP contribution is -2.33. The molecule has 13 nitrogen and oxygen atoms in total. The molecule has 1 spiro atoms. The van der Waals surface area contributed by atoms with Gasteiger partial charge in [-0.05, 0) is 49.2 Å². The number of aromatic hydroxyl groups is 1. The maximum atomic E-state index is 13.0. The zero-order valence-corrected chi connectivity index (χ0v) is 22.5. The molecule has 4 aromatic carbocycles. The topological polar surface area (TPSA) is 170 Å². The molecule has 1 N–H and O–H groups in total. The van der Waals surface area contributed by atoms with Crippen LogP contribution in [0.15, 0.2) is 66.7 Å². The van der Waals surface area contributed by atoms with Gasteiger partial charge >= 0.3 is 11.7 Å². The Hall–Kier alpha value is -5.34. The summed E-state index contributed by atoms with van der Waals surface area (Å²) in [6, 6.07) is 16.3. The Bertz CT molecular complexity index is 1830. The van der Waals surface area contributed by atoms with Gasteiger partial charge in [0.1, 0.15) is 23.0 Å². The first-order valence-electron chi connectivity index (χ1n) is 12.2. The monoisotopic (exact) mass is 590 g/mol. The summed E-state index contributed by atoms with van der Waals surface area (Å²) in [5.41, 5.74) is 0.765. The van der Waals surface area contributed by atoms with Crippen molar-refractivity contribution in [1.82, 2.24) is 0 Å². The number of nitrogens with zero attached hydrogens (tertiary/aromatic N) is 2. The molecular weight excluding hydrogens is 572 g/mol. The van der Waals surface area contributed by atoms with Gasteiger partial charge in [-0.15, -0.1) is 0 Å². The molecule has 42 heavy (non-hydrogen) atoms. The molecule has 14 heteroatoms. The van der Waals surface area contributed by atoms with Crippen molar-refractivity contribution in [2.24, 2.45) is 0 Å². The highest BCUT2D eigenvalue weighted by molar-refractivity contribution is 7.90. The van der Waals surface area contributed by atoms with Gasteiger partial charge < -0.3 is 23.7 Å². The third-order valence-electron chi connectivity index (χ3n) is 6.95. The molecule has 0 saturated heterocycles. The molecule has 0 bridgehead atoms. The van der Waals surface area contributed by atoms with Crippen LogP contribution >= 0.6 is 12.3 Å². The van der Waals surface area contributed by atoms with Crippen LogP contribution in [0.25, 0.3) is 0 Å². The SMILES string of the molecule is Cc1cc2c(cc1O)Oc1cc(OSOOc3ccc([N+](=O)[O-])cc3[N+](=O)[O-])c(C)cc1C21OC(=O)c2ccccc21. The fourth-order valence-corrected chi connectivity index (χ4v) is 5.35. The molecule has 0 fully saturated rings. The minimum Gasteiger partial charge on any atom is -0.508 e. The minimum atomic E-state index is -1.35. The Labute approximate surface area is 240 Å². The molecule has 2 heterocycles. The fraction of sp³-hybridized carbons (Fsp3) is 0.107. The number of phenolic OH excluding ortho intramolecular Hbond substituents is 1. The fourth-order valence-electron chi connectivity index (χ4n) is 4.97. The molecule has 0 amide bonds. The first-order valence-corrected chi connectivity index (χ1v) is 12.9. The highest BCUT2D eigenvalue weighted by atomic mass is 32.2. The number of phenols is 1. The van der Waals surface area contributed by atoms with Crippen molar-refractivity contribution in [2.45, 2.75) is 19.4 Å². The van der Waals surface area contributed by atoms with Gasteiger partial charge in [-0.25, -0.2) is 4.79 Å². The highest BCUT2D eigenvalue weighted by Gasteiger charge is 2.54. The van der Waals surface area contributed by atoms with Crippen LogP contribution in [0.4, 0.5) is 11.4 Å². The van der Waals surface area contributed by atoms with E-state index in [2.05, 4.69) is 0 Å². The van der Waals surface area contributed by atoms with Crippen molar-refractivity contribution in [1.29, 1.82) is 0 Å². The summed E-state index contributed by atoms with van der Waals surface area (Å²) in [7, 11) is 0. The molecule has 212 valence electrons. The third-order valence-corrected chi connectivity index (χ3v) is 7.32. The Kier molecular flexibility index (Phi) is 6.35. The van der Waals surface area contributed by atoms with E-state index in [1.807, 2.05) is 0 Å². The standard InChI is InChI=1S/C28H18N2O11S/c1-14-9-19-25(12-22(14)31)37-26-13-24(40-42-41-39-23-8-7-16(29(33)34)11-21(23)30(35)36)15(2)10-20(26)28(19)18-6-4-3-5-17(18)27(32)38-28/h3-13,31H,1-2H3. The molecule has 0 radical (unpaired) electrons. The highest BCUT2D eigenvalue weighted by Crippen LogP contribution is 2.58. The maximum absolute atomic E-state index is 13.0. The van der Waals surface area contributed by atoms with E-state index in [-0.39, 0.29) is 28.7 Å². The average Bonchev–Trinajstić information content (AvgIpc) is 3.26.